The minimum Gasteiger partial charge on any atom is -0.293 e. The predicted octanol–water partition coefficient (Wildman–Crippen LogP) is 2.69. The lowest BCUT2D eigenvalue weighted by Gasteiger charge is -2.20. The number of rotatable bonds is 4. The van der Waals surface area contributed by atoms with Crippen LogP contribution in [0.4, 0.5) is 0 Å². The highest BCUT2D eigenvalue weighted by molar-refractivity contribution is 5.30. The molecule has 2 fully saturated rings. The normalized spacial score (nSPS) is 25.7. The number of tetrazole rings is 1. The van der Waals surface area contributed by atoms with Gasteiger partial charge in [0.1, 0.15) is 0 Å². The maximum absolute atomic E-state index is 4.25. The van der Waals surface area contributed by atoms with Crippen molar-refractivity contribution in [3.8, 4) is 0 Å². The number of hydrogen-bond donors (Lipinski definition) is 0. The molecule has 1 aromatic heterocycles. The highest BCUT2D eigenvalue weighted by Gasteiger charge is 2.33. The van der Waals surface area contributed by atoms with E-state index >= 15 is 0 Å². The zero-order chi connectivity index (χ0) is 15.1. The van der Waals surface area contributed by atoms with Gasteiger partial charge in [-0.1, -0.05) is 24.3 Å². The molecule has 0 N–H and O–H groups in total. The van der Waals surface area contributed by atoms with Gasteiger partial charge in [-0.25, -0.2) is 4.68 Å². The van der Waals surface area contributed by atoms with E-state index in [1.807, 2.05) is 4.68 Å². The molecule has 1 aromatic carbocycles. The molecule has 1 aliphatic heterocycles. The SMILES string of the molecule is Cc1ccccc1C1CC(C)N(Cc2nnnn2C2CC2)C1. The molecule has 5 nitrogen and oxygen atoms in total. The third-order valence-corrected chi connectivity index (χ3v) is 5.13. The molecule has 2 aliphatic rings. The molecule has 1 saturated heterocycles. The number of hydrogen-bond acceptors (Lipinski definition) is 4. The molecule has 2 unspecified atom stereocenters. The molecule has 2 heterocycles. The van der Waals surface area contributed by atoms with E-state index in [0.717, 1.165) is 18.9 Å². The van der Waals surface area contributed by atoms with Gasteiger partial charge in [0.15, 0.2) is 5.82 Å². The zero-order valence-electron chi connectivity index (χ0n) is 13.3. The van der Waals surface area contributed by atoms with Crippen LogP contribution in [0.3, 0.4) is 0 Å². The number of benzene rings is 1. The summed E-state index contributed by atoms with van der Waals surface area (Å²) < 4.78 is 2.04. The molecular weight excluding hydrogens is 274 g/mol. The van der Waals surface area contributed by atoms with Crippen LogP contribution in [0.2, 0.25) is 0 Å². The van der Waals surface area contributed by atoms with Gasteiger partial charge in [0.2, 0.25) is 0 Å². The van der Waals surface area contributed by atoms with Gasteiger partial charge in [-0.05, 0) is 60.6 Å². The molecule has 1 aliphatic carbocycles. The quantitative estimate of drug-likeness (QED) is 0.870. The molecule has 0 spiro atoms. The van der Waals surface area contributed by atoms with Gasteiger partial charge in [0, 0.05) is 12.6 Å². The standard InChI is InChI=1S/C17H23N5/c1-12-5-3-4-6-16(12)14-9-13(2)21(10-14)11-17-18-19-20-22(17)15-7-8-15/h3-6,13-15H,7-11H2,1-2H3. The van der Waals surface area contributed by atoms with Gasteiger partial charge in [-0.2, -0.15) is 0 Å². The van der Waals surface area contributed by atoms with Crippen LogP contribution in [0.15, 0.2) is 24.3 Å². The fourth-order valence-electron chi connectivity index (χ4n) is 3.69. The highest BCUT2D eigenvalue weighted by atomic mass is 15.6. The summed E-state index contributed by atoms with van der Waals surface area (Å²) in [6.45, 7) is 6.51. The maximum Gasteiger partial charge on any atom is 0.165 e. The van der Waals surface area contributed by atoms with E-state index in [2.05, 4.69) is 58.5 Å². The fourth-order valence-corrected chi connectivity index (χ4v) is 3.69. The molecule has 22 heavy (non-hydrogen) atoms. The van der Waals surface area contributed by atoms with Crippen molar-refractivity contribution in [2.24, 2.45) is 0 Å². The Bertz CT molecular complexity index is 661. The number of aryl methyl sites for hydroxylation is 1. The van der Waals surface area contributed by atoms with Crippen molar-refractivity contribution in [1.29, 1.82) is 0 Å². The molecule has 116 valence electrons. The van der Waals surface area contributed by atoms with Gasteiger partial charge < -0.3 is 0 Å². The lowest BCUT2D eigenvalue weighted by atomic mass is 9.93. The van der Waals surface area contributed by atoms with Gasteiger partial charge >= 0.3 is 0 Å². The van der Waals surface area contributed by atoms with Crippen molar-refractivity contribution in [2.45, 2.75) is 57.7 Å². The smallest absolute Gasteiger partial charge is 0.165 e. The summed E-state index contributed by atoms with van der Waals surface area (Å²) in [5, 5.41) is 12.3. The topological polar surface area (TPSA) is 46.8 Å². The minimum absolute atomic E-state index is 0.551. The summed E-state index contributed by atoms with van der Waals surface area (Å²) in [6, 6.07) is 9.91. The van der Waals surface area contributed by atoms with E-state index in [1.165, 1.54) is 30.4 Å². The first kappa shape index (κ1) is 13.9. The Hall–Kier alpha value is -1.75. The Morgan fingerprint density at radius 2 is 2.05 bits per heavy atom. The van der Waals surface area contributed by atoms with Crippen molar-refractivity contribution in [3.05, 3.63) is 41.2 Å². The summed E-state index contributed by atoms with van der Waals surface area (Å²) in [5.41, 5.74) is 2.91. The molecule has 2 atom stereocenters. The third-order valence-electron chi connectivity index (χ3n) is 5.13. The van der Waals surface area contributed by atoms with Crippen LogP contribution in [0.25, 0.3) is 0 Å². The van der Waals surface area contributed by atoms with Crippen molar-refractivity contribution < 1.29 is 0 Å². The van der Waals surface area contributed by atoms with Crippen LogP contribution >= 0.6 is 0 Å². The number of likely N-dealkylation sites (tertiary alicyclic amines) is 1. The largest absolute Gasteiger partial charge is 0.293 e. The first-order valence-corrected chi connectivity index (χ1v) is 8.28. The summed E-state index contributed by atoms with van der Waals surface area (Å²) in [4.78, 5) is 2.53. The Balaban J connectivity index is 1.49. The Morgan fingerprint density at radius 3 is 2.82 bits per heavy atom. The second kappa shape index (κ2) is 5.47. The van der Waals surface area contributed by atoms with Crippen molar-refractivity contribution in [2.75, 3.05) is 6.54 Å². The average Bonchev–Trinajstić information content (AvgIpc) is 3.15. The average molecular weight is 297 g/mol. The summed E-state index contributed by atoms with van der Waals surface area (Å²) in [6.07, 6.45) is 3.66. The van der Waals surface area contributed by atoms with Gasteiger partial charge in [0.05, 0.1) is 12.6 Å². The predicted molar refractivity (Wildman–Crippen MR) is 84.5 cm³/mol. The first-order chi connectivity index (χ1) is 10.7. The lowest BCUT2D eigenvalue weighted by molar-refractivity contribution is 0.247. The molecule has 5 heteroatoms. The Labute approximate surface area is 131 Å². The van der Waals surface area contributed by atoms with E-state index in [4.69, 9.17) is 0 Å². The molecule has 0 radical (unpaired) electrons. The number of nitrogens with zero attached hydrogens (tertiary/aromatic N) is 5. The summed E-state index contributed by atoms with van der Waals surface area (Å²) >= 11 is 0. The monoisotopic (exact) mass is 297 g/mol. The molecule has 1 saturated carbocycles. The van der Waals surface area contributed by atoms with E-state index < -0.39 is 0 Å². The van der Waals surface area contributed by atoms with Crippen LogP contribution in [0.5, 0.6) is 0 Å². The minimum atomic E-state index is 0.551. The van der Waals surface area contributed by atoms with Crippen LogP contribution < -0.4 is 0 Å². The van der Waals surface area contributed by atoms with E-state index in [-0.39, 0.29) is 0 Å². The lowest BCUT2D eigenvalue weighted by Crippen LogP contribution is -2.28. The van der Waals surface area contributed by atoms with Crippen LogP contribution in [0, 0.1) is 6.92 Å². The van der Waals surface area contributed by atoms with E-state index in [0.29, 0.717) is 18.0 Å². The number of aromatic nitrogens is 4. The van der Waals surface area contributed by atoms with Crippen molar-refractivity contribution in [1.82, 2.24) is 25.1 Å². The summed E-state index contributed by atoms with van der Waals surface area (Å²) in [7, 11) is 0. The molecule has 2 aromatic rings. The van der Waals surface area contributed by atoms with Gasteiger partial charge in [-0.15, -0.1) is 5.10 Å². The molecule has 0 amide bonds. The Kier molecular flexibility index (Phi) is 3.45. The van der Waals surface area contributed by atoms with Crippen molar-refractivity contribution in [3.63, 3.8) is 0 Å². The first-order valence-electron chi connectivity index (χ1n) is 8.28. The summed E-state index contributed by atoms with van der Waals surface area (Å²) in [5.74, 6) is 1.65. The maximum atomic E-state index is 4.25. The highest BCUT2D eigenvalue weighted by Crippen LogP contribution is 2.36. The Morgan fingerprint density at radius 1 is 1.23 bits per heavy atom. The molecule has 4 rings (SSSR count). The van der Waals surface area contributed by atoms with Crippen LogP contribution in [-0.2, 0) is 6.54 Å². The molecule has 0 bridgehead atoms. The van der Waals surface area contributed by atoms with Gasteiger partial charge in [-0.3, -0.25) is 4.90 Å². The van der Waals surface area contributed by atoms with Gasteiger partial charge in [0.25, 0.3) is 0 Å². The van der Waals surface area contributed by atoms with E-state index in [1.54, 1.807) is 0 Å². The van der Waals surface area contributed by atoms with E-state index in [9.17, 15) is 0 Å². The third kappa shape index (κ3) is 2.54. The van der Waals surface area contributed by atoms with Crippen LogP contribution in [-0.4, -0.2) is 37.7 Å². The van der Waals surface area contributed by atoms with Crippen molar-refractivity contribution >= 4 is 0 Å². The fraction of sp³-hybridized carbons (Fsp3) is 0.588. The zero-order valence-corrected chi connectivity index (χ0v) is 13.3. The molecular formula is C17H23N5. The van der Waals surface area contributed by atoms with Crippen LogP contribution in [0.1, 0.15) is 55.1 Å². The second-order valence-electron chi connectivity index (χ2n) is 6.84. The second-order valence-corrected chi connectivity index (χ2v) is 6.84.